The molecule has 0 aliphatic heterocycles. The Morgan fingerprint density at radius 1 is 1.28 bits per heavy atom. The van der Waals surface area contributed by atoms with E-state index >= 15 is 0 Å². The maximum atomic E-state index is 11.4. The molecule has 3 aliphatic carbocycles. The first-order chi connectivity index (χ1) is 13.9. The zero-order valence-corrected chi connectivity index (χ0v) is 19.0. The summed E-state index contributed by atoms with van der Waals surface area (Å²) in [7, 11) is 0. The van der Waals surface area contributed by atoms with E-state index in [4.69, 9.17) is 0 Å². The number of carbonyl (C=O) groups excluding carboxylic acids is 1. The molecule has 1 aromatic rings. The normalized spacial score (nSPS) is 35.5. The molecule has 0 bridgehead atoms. The molecular weight excluding hydrogens is 430 g/mol. The minimum atomic E-state index is -0.171. The highest BCUT2D eigenvalue weighted by atomic mass is 79.9. The highest BCUT2D eigenvalue weighted by Gasteiger charge is 2.57. The lowest BCUT2D eigenvalue weighted by molar-refractivity contribution is -0.118. The number of amides is 1. The summed E-state index contributed by atoms with van der Waals surface area (Å²) < 4.78 is 0. The Bertz CT molecular complexity index is 754. The van der Waals surface area contributed by atoms with Crippen LogP contribution in [0.15, 0.2) is 18.2 Å². The number of fused-ring (bicyclic) bond motifs is 5. The molecule has 3 aliphatic rings. The molecule has 2 saturated carbocycles. The molecule has 1 amide bonds. The average molecular weight is 464 g/mol. The number of aliphatic hydroxyl groups excluding tert-OH is 1. The molecule has 0 spiro atoms. The molecule has 4 rings (SSSR count). The molecule has 29 heavy (non-hydrogen) atoms. The van der Waals surface area contributed by atoms with E-state index in [-0.39, 0.29) is 17.4 Å². The fraction of sp³-hybridized carbons (Fsp3) is 0.708. The number of alkyl halides is 1. The van der Waals surface area contributed by atoms with Crippen LogP contribution in [0.5, 0.6) is 5.75 Å². The summed E-state index contributed by atoms with van der Waals surface area (Å²) in [6.45, 7) is 3.07. The number of unbranched alkanes of at least 4 members (excludes halogenated alkanes) is 1. The number of aliphatic hydroxyl groups is 1. The summed E-state index contributed by atoms with van der Waals surface area (Å²) in [6, 6.07) is 5.99. The number of phenols is 1. The minimum Gasteiger partial charge on any atom is -0.508 e. The number of hydrogen-bond donors (Lipinski definition) is 3. The highest BCUT2D eigenvalue weighted by Crippen LogP contribution is 2.63. The molecule has 160 valence electrons. The molecule has 0 radical (unpaired) electrons. The Morgan fingerprint density at radius 3 is 2.90 bits per heavy atom. The first kappa shape index (κ1) is 21.2. The molecule has 3 N–H and O–H groups in total. The van der Waals surface area contributed by atoms with Gasteiger partial charge in [0.2, 0.25) is 5.91 Å². The molecule has 4 nitrogen and oxygen atoms in total. The van der Waals surface area contributed by atoms with Crippen LogP contribution in [0.25, 0.3) is 0 Å². The van der Waals surface area contributed by atoms with Crippen molar-refractivity contribution in [1.29, 1.82) is 0 Å². The summed E-state index contributed by atoms with van der Waals surface area (Å²) >= 11 is 3.19. The first-order valence-electron chi connectivity index (χ1n) is 11.3. The number of rotatable bonds is 6. The maximum Gasteiger partial charge on any atom is 0.230 e. The van der Waals surface area contributed by atoms with Crippen LogP contribution < -0.4 is 5.32 Å². The van der Waals surface area contributed by atoms with Gasteiger partial charge in [-0.05, 0) is 97.3 Å². The fourth-order valence-electron chi connectivity index (χ4n) is 6.94. The van der Waals surface area contributed by atoms with E-state index in [0.29, 0.717) is 34.8 Å². The number of halogens is 1. The van der Waals surface area contributed by atoms with Gasteiger partial charge in [0, 0.05) is 6.54 Å². The summed E-state index contributed by atoms with van der Waals surface area (Å²) in [4.78, 5) is 11.4. The second kappa shape index (κ2) is 8.58. The Hall–Kier alpha value is -1.07. The van der Waals surface area contributed by atoms with Crippen molar-refractivity contribution >= 4 is 21.8 Å². The molecular formula is C24H34BrNO3. The summed E-state index contributed by atoms with van der Waals surface area (Å²) in [5.74, 6) is 2.77. The largest absolute Gasteiger partial charge is 0.508 e. The molecule has 6 atom stereocenters. The van der Waals surface area contributed by atoms with Crippen molar-refractivity contribution in [3.05, 3.63) is 29.3 Å². The molecule has 0 aromatic heterocycles. The van der Waals surface area contributed by atoms with Gasteiger partial charge < -0.3 is 15.5 Å². The zero-order chi connectivity index (χ0) is 20.6. The van der Waals surface area contributed by atoms with Crippen molar-refractivity contribution in [3.63, 3.8) is 0 Å². The number of nitrogens with one attached hydrogen (secondary N) is 1. The van der Waals surface area contributed by atoms with Crippen LogP contribution >= 0.6 is 15.9 Å². The van der Waals surface area contributed by atoms with E-state index in [1.54, 1.807) is 0 Å². The van der Waals surface area contributed by atoms with Gasteiger partial charge in [-0.25, -0.2) is 0 Å². The molecule has 5 heteroatoms. The number of aryl methyl sites for hydroxylation is 1. The van der Waals surface area contributed by atoms with Crippen molar-refractivity contribution in [3.8, 4) is 5.75 Å². The molecule has 2 fully saturated rings. The summed E-state index contributed by atoms with van der Waals surface area (Å²) in [5.41, 5.74) is 2.81. The van der Waals surface area contributed by atoms with E-state index in [1.165, 1.54) is 17.5 Å². The van der Waals surface area contributed by atoms with Gasteiger partial charge in [-0.15, -0.1) is 0 Å². The van der Waals surface area contributed by atoms with Crippen molar-refractivity contribution in [1.82, 2.24) is 5.32 Å². The van der Waals surface area contributed by atoms with Gasteiger partial charge in [-0.3, -0.25) is 4.79 Å². The number of benzene rings is 1. The third-order valence-corrected chi connectivity index (χ3v) is 8.73. The summed E-state index contributed by atoms with van der Waals surface area (Å²) in [5, 5.41) is 24.1. The average Bonchev–Trinajstić information content (AvgIpc) is 3.01. The van der Waals surface area contributed by atoms with Gasteiger partial charge in [-0.2, -0.15) is 0 Å². The van der Waals surface area contributed by atoms with E-state index in [1.807, 2.05) is 12.1 Å². The van der Waals surface area contributed by atoms with E-state index in [2.05, 4.69) is 34.2 Å². The van der Waals surface area contributed by atoms with Crippen LogP contribution in [0.1, 0.15) is 68.9 Å². The van der Waals surface area contributed by atoms with Crippen LogP contribution in [-0.4, -0.2) is 34.1 Å². The van der Waals surface area contributed by atoms with Gasteiger partial charge >= 0.3 is 0 Å². The highest BCUT2D eigenvalue weighted by molar-refractivity contribution is 9.09. The van der Waals surface area contributed by atoms with E-state index in [0.717, 1.165) is 51.5 Å². The van der Waals surface area contributed by atoms with Crippen LogP contribution in [0, 0.1) is 23.2 Å². The second-order valence-electron chi connectivity index (χ2n) is 9.76. The molecule has 0 unspecified atom stereocenters. The molecule has 1 aromatic carbocycles. The lowest BCUT2D eigenvalue weighted by atomic mass is 9.51. The topological polar surface area (TPSA) is 69.6 Å². The fourth-order valence-corrected chi connectivity index (χ4v) is 7.13. The number of aromatic hydroxyl groups is 1. The standard InChI is InChI=1S/C24H34BrNO3/c1-24-13-16(4-2-3-11-26-22(29)14-25)23-18-8-6-17(27)12-15(18)5-7-19(23)20(24)9-10-21(24)28/h6,8,12,16,19-21,23,27-28H,2-5,7,9-11,13-14H2,1H3,(H,26,29)/t16-,19-,20-,21-,23+,24-/m0/s1. The van der Waals surface area contributed by atoms with Crippen LogP contribution in [0.2, 0.25) is 0 Å². The lowest BCUT2D eigenvalue weighted by Crippen LogP contribution is -2.48. The van der Waals surface area contributed by atoms with Gasteiger partial charge in [0.05, 0.1) is 11.4 Å². The van der Waals surface area contributed by atoms with Crippen LogP contribution in [-0.2, 0) is 11.2 Å². The van der Waals surface area contributed by atoms with Gasteiger partial charge in [-0.1, -0.05) is 35.3 Å². The zero-order valence-electron chi connectivity index (χ0n) is 17.4. The SMILES string of the molecule is C[C@]12C[C@H](CCCCNC(=O)CBr)[C@@H]3c4ccc(O)cc4CC[C@H]3[C@@H]1CC[C@@H]2O. The lowest BCUT2D eigenvalue weighted by Gasteiger charge is -2.54. The Kier molecular flexibility index (Phi) is 6.27. The van der Waals surface area contributed by atoms with Gasteiger partial charge in [0.1, 0.15) is 5.75 Å². The number of phenolic OH excluding ortho intramolecular Hbond substituents is 1. The van der Waals surface area contributed by atoms with E-state index < -0.39 is 0 Å². The molecule has 0 saturated heterocycles. The van der Waals surface area contributed by atoms with Crippen molar-refractivity contribution in [2.45, 2.75) is 70.3 Å². The summed E-state index contributed by atoms with van der Waals surface area (Å²) in [6.07, 6.45) is 8.46. The maximum absolute atomic E-state index is 11.4. The molecule has 0 heterocycles. The van der Waals surface area contributed by atoms with Crippen LogP contribution in [0.3, 0.4) is 0 Å². The number of hydrogen-bond acceptors (Lipinski definition) is 3. The third-order valence-electron chi connectivity index (χ3n) is 8.23. The predicted molar refractivity (Wildman–Crippen MR) is 118 cm³/mol. The van der Waals surface area contributed by atoms with Crippen molar-refractivity contribution < 1.29 is 15.0 Å². The first-order valence-corrected chi connectivity index (χ1v) is 12.4. The Balaban J connectivity index is 1.53. The monoisotopic (exact) mass is 463 g/mol. The third kappa shape index (κ3) is 3.97. The Labute approximate surface area is 182 Å². The van der Waals surface area contributed by atoms with E-state index in [9.17, 15) is 15.0 Å². The predicted octanol–water partition coefficient (Wildman–Crippen LogP) is 4.52. The minimum absolute atomic E-state index is 0.0461. The smallest absolute Gasteiger partial charge is 0.230 e. The Morgan fingerprint density at radius 2 is 2.10 bits per heavy atom. The van der Waals surface area contributed by atoms with Crippen LogP contribution in [0.4, 0.5) is 0 Å². The van der Waals surface area contributed by atoms with Gasteiger partial charge in [0.25, 0.3) is 0 Å². The second-order valence-corrected chi connectivity index (χ2v) is 10.3. The van der Waals surface area contributed by atoms with Gasteiger partial charge in [0.15, 0.2) is 0 Å². The number of carbonyl (C=O) groups is 1. The van der Waals surface area contributed by atoms with Crippen molar-refractivity contribution in [2.24, 2.45) is 23.2 Å². The van der Waals surface area contributed by atoms with Crippen molar-refractivity contribution in [2.75, 3.05) is 11.9 Å². The quantitative estimate of drug-likeness (QED) is 0.429.